The molecule has 3 aromatic rings. The smallest absolute Gasteiger partial charge is 0.0498 e. The van der Waals surface area contributed by atoms with Gasteiger partial charge < -0.3 is 14.8 Å². The number of aryl methyl sites for hydroxylation is 1. The number of hydrogen-bond acceptors (Lipinski definition) is 2. The van der Waals surface area contributed by atoms with Crippen LogP contribution in [-0.2, 0) is 13.6 Å². The monoisotopic (exact) mass is 289 g/mol. The van der Waals surface area contributed by atoms with Gasteiger partial charge in [0, 0.05) is 55.0 Å². The van der Waals surface area contributed by atoms with Crippen molar-refractivity contribution in [3.8, 4) is 0 Å². The average Bonchev–Trinajstić information content (AvgIpc) is 3.08. The molecule has 0 bridgehead atoms. The zero-order valence-electron chi connectivity index (χ0n) is 12.9. The fourth-order valence-electron chi connectivity index (χ4n) is 3.22. The van der Waals surface area contributed by atoms with E-state index in [4.69, 9.17) is 0 Å². The molecule has 1 N–H and O–H groups in total. The summed E-state index contributed by atoms with van der Waals surface area (Å²) >= 11 is 0. The van der Waals surface area contributed by atoms with Crippen molar-refractivity contribution in [2.24, 2.45) is 7.05 Å². The number of hydrogen-bond donors (Lipinski definition) is 1. The molecule has 4 rings (SSSR count). The molecule has 2 heterocycles. The molecule has 0 unspecified atom stereocenters. The second-order valence-electron chi connectivity index (χ2n) is 5.82. The number of benzene rings is 2. The highest BCUT2D eigenvalue weighted by Gasteiger charge is 2.24. The van der Waals surface area contributed by atoms with Crippen molar-refractivity contribution in [2.45, 2.75) is 6.54 Å². The van der Waals surface area contributed by atoms with Gasteiger partial charge in [-0.25, -0.2) is 0 Å². The molecule has 0 spiro atoms. The van der Waals surface area contributed by atoms with E-state index < -0.39 is 0 Å². The molecule has 0 radical (unpaired) electrons. The number of aromatic nitrogens is 1. The molecule has 3 nitrogen and oxygen atoms in total. The Hall–Kier alpha value is -2.68. The lowest BCUT2D eigenvalue weighted by Crippen LogP contribution is -2.12. The maximum Gasteiger partial charge on any atom is 0.0498 e. The summed E-state index contributed by atoms with van der Waals surface area (Å²) in [6.45, 7) is 5.19. The summed E-state index contributed by atoms with van der Waals surface area (Å²) in [6.07, 6.45) is 2.10. The normalized spacial score (nSPS) is 13.7. The zero-order chi connectivity index (χ0) is 15.3. The summed E-state index contributed by atoms with van der Waals surface area (Å²) in [4.78, 5) is 2.29. The lowest BCUT2D eigenvalue weighted by atomic mass is 10.1. The van der Waals surface area contributed by atoms with Crippen molar-refractivity contribution in [1.82, 2.24) is 4.57 Å². The summed E-state index contributed by atoms with van der Waals surface area (Å²) in [5.74, 6) is 0. The standard InChI is InChI=1S/C19H19N3/c1-13-18-10-16(20-2)6-4-15(18)12-22(13)17-7-5-14-8-9-21(3)19(14)11-17/h4-11,20H,1,12H2,2-3H3. The van der Waals surface area contributed by atoms with Crippen LogP contribution in [0.3, 0.4) is 0 Å². The van der Waals surface area contributed by atoms with Crippen molar-refractivity contribution in [1.29, 1.82) is 0 Å². The molecule has 0 amide bonds. The van der Waals surface area contributed by atoms with Gasteiger partial charge in [0.2, 0.25) is 0 Å². The third kappa shape index (κ3) is 1.82. The van der Waals surface area contributed by atoms with Crippen LogP contribution in [0.15, 0.2) is 55.2 Å². The van der Waals surface area contributed by atoms with Gasteiger partial charge in [-0.05, 0) is 41.3 Å². The van der Waals surface area contributed by atoms with Gasteiger partial charge in [0.05, 0.1) is 0 Å². The van der Waals surface area contributed by atoms with E-state index >= 15 is 0 Å². The van der Waals surface area contributed by atoms with Crippen molar-refractivity contribution in [3.63, 3.8) is 0 Å². The van der Waals surface area contributed by atoms with Crippen molar-refractivity contribution >= 4 is 28.0 Å². The van der Waals surface area contributed by atoms with Crippen molar-refractivity contribution in [2.75, 3.05) is 17.3 Å². The van der Waals surface area contributed by atoms with Crippen LogP contribution in [0.5, 0.6) is 0 Å². The van der Waals surface area contributed by atoms with Gasteiger partial charge in [0.1, 0.15) is 0 Å². The minimum Gasteiger partial charge on any atom is -0.388 e. The molecule has 0 atom stereocenters. The molecule has 0 aliphatic carbocycles. The van der Waals surface area contributed by atoms with Crippen LogP contribution in [0.25, 0.3) is 16.6 Å². The molecule has 0 fully saturated rings. The highest BCUT2D eigenvalue weighted by molar-refractivity contribution is 5.90. The maximum atomic E-state index is 4.31. The van der Waals surface area contributed by atoms with Crippen LogP contribution in [0.2, 0.25) is 0 Å². The van der Waals surface area contributed by atoms with Crippen LogP contribution < -0.4 is 10.2 Å². The number of nitrogens with zero attached hydrogens (tertiary/aromatic N) is 2. The molecule has 0 saturated heterocycles. The summed E-state index contributed by atoms with van der Waals surface area (Å²) < 4.78 is 2.16. The first-order valence-corrected chi connectivity index (χ1v) is 7.50. The molecule has 110 valence electrons. The second-order valence-corrected chi connectivity index (χ2v) is 5.82. The first kappa shape index (κ1) is 13.0. The third-order valence-electron chi connectivity index (χ3n) is 4.55. The number of anilines is 2. The van der Waals surface area contributed by atoms with E-state index in [-0.39, 0.29) is 0 Å². The van der Waals surface area contributed by atoms with Crippen LogP contribution >= 0.6 is 0 Å². The largest absolute Gasteiger partial charge is 0.388 e. The minimum atomic E-state index is 0.883. The van der Waals surface area contributed by atoms with E-state index in [1.807, 2.05) is 7.05 Å². The van der Waals surface area contributed by atoms with E-state index in [0.717, 1.165) is 17.9 Å². The zero-order valence-corrected chi connectivity index (χ0v) is 12.9. The highest BCUT2D eigenvalue weighted by atomic mass is 15.2. The van der Waals surface area contributed by atoms with Crippen molar-refractivity contribution < 1.29 is 0 Å². The maximum absolute atomic E-state index is 4.31. The highest BCUT2D eigenvalue weighted by Crippen LogP contribution is 2.37. The van der Waals surface area contributed by atoms with E-state index in [2.05, 4.69) is 77.1 Å². The van der Waals surface area contributed by atoms with E-state index in [0.29, 0.717) is 0 Å². The first-order valence-electron chi connectivity index (χ1n) is 7.50. The van der Waals surface area contributed by atoms with E-state index in [1.165, 1.54) is 27.7 Å². The van der Waals surface area contributed by atoms with Crippen LogP contribution in [0.4, 0.5) is 11.4 Å². The van der Waals surface area contributed by atoms with Gasteiger partial charge in [0.15, 0.2) is 0 Å². The Morgan fingerprint density at radius 2 is 1.95 bits per heavy atom. The molecule has 1 aromatic heterocycles. The minimum absolute atomic E-state index is 0.883. The Kier molecular flexibility index (Phi) is 2.76. The Morgan fingerprint density at radius 3 is 2.77 bits per heavy atom. The topological polar surface area (TPSA) is 20.2 Å². The van der Waals surface area contributed by atoms with Crippen LogP contribution in [0.1, 0.15) is 11.1 Å². The lowest BCUT2D eigenvalue weighted by Gasteiger charge is -2.20. The average molecular weight is 289 g/mol. The molecular weight excluding hydrogens is 270 g/mol. The Labute approximate surface area is 130 Å². The molecule has 0 saturated carbocycles. The fraction of sp³-hybridized carbons (Fsp3) is 0.158. The van der Waals surface area contributed by atoms with Gasteiger partial charge in [0.25, 0.3) is 0 Å². The van der Waals surface area contributed by atoms with Crippen LogP contribution in [0, 0.1) is 0 Å². The SMILES string of the molecule is C=C1c2cc(NC)ccc2CN1c1ccc2ccn(C)c2c1. The van der Waals surface area contributed by atoms with Gasteiger partial charge >= 0.3 is 0 Å². The van der Waals surface area contributed by atoms with E-state index in [9.17, 15) is 0 Å². The Morgan fingerprint density at radius 1 is 1.09 bits per heavy atom. The van der Waals surface area contributed by atoms with Gasteiger partial charge in [-0.1, -0.05) is 18.7 Å². The van der Waals surface area contributed by atoms with Gasteiger partial charge in [-0.2, -0.15) is 0 Å². The molecule has 1 aliphatic rings. The molecular formula is C19H19N3. The first-order chi connectivity index (χ1) is 10.7. The lowest BCUT2D eigenvalue weighted by molar-refractivity contribution is 0.967. The predicted molar refractivity (Wildman–Crippen MR) is 94.1 cm³/mol. The molecule has 3 heteroatoms. The molecule has 1 aliphatic heterocycles. The fourth-order valence-corrected chi connectivity index (χ4v) is 3.22. The van der Waals surface area contributed by atoms with E-state index in [1.54, 1.807) is 0 Å². The van der Waals surface area contributed by atoms with Gasteiger partial charge in [-0.3, -0.25) is 0 Å². The quantitative estimate of drug-likeness (QED) is 0.762. The number of fused-ring (bicyclic) bond motifs is 2. The summed E-state index contributed by atoms with van der Waals surface area (Å²) in [5, 5.41) is 4.47. The number of nitrogens with one attached hydrogen (secondary N) is 1. The predicted octanol–water partition coefficient (Wildman–Crippen LogP) is 4.21. The number of rotatable bonds is 2. The Balaban J connectivity index is 1.77. The van der Waals surface area contributed by atoms with Crippen molar-refractivity contribution in [3.05, 3.63) is 66.4 Å². The summed E-state index contributed by atoms with van der Waals surface area (Å²) in [6, 6.07) is 15.2. The Bertz CT molecular complexity index is 889. The summed E-state index contributed by atoms with van der Waals surface area (Å²) in [5.41, 5.74) is 7.20. The molecule has 2 aromatic carbocycles. The third-order valence-corrected chi connectivity index (χ3v) is 4.55. The molecule has 22 heavy (non-hydrogen) atoms. The summed E-state index contributed by atoms with van der Waals surface area (Å²) in [7, 11) is 4.03. The van der Waals surface area contributed by atoms with Crippen LogP contribution in [-0.4, -0.2) is 11.6 Å². The van der Waals surface area contributed by atoms with Gasteiger partial charge in [-0.15, -0.1) is 0 Å². The second kappa shape index (κ2) is 4.67.